The van der Waals surface area contributed by atoms with Crippen molar-refractivity contribution in [1.29, 1.82) is 0 Å². The molecule has 1 aliphatic rings. The van der Waals surface area contributed by atoms with E-state index >= 15 is 0 Å². The van der Waals surface area contributed by atoms with Gasteiger partial charge >= 0.3 is 0 Å². The zero-order valence-electron chi connectivity index (χ0n) is 16.0. The number of ether oxygens (including phenoxy) is 1. The van der Waals surface area contributed by atoms with Gasteiger partial charge in [-0.25, -0.2) is 0 Å². The Morgan fingerprint density at radius 3 is 2.41 bits per heavy atom. The second kappa shape index (κ2) is 8.25. The molecule has 0 radical (unpaired) electrons. The molecule has 1 aliphatic carbocycles. The number of benzene rings is 2. The molecular weight excluding hydrogens is 340 g/mol. The van der Waals surface area contributed by atoms with Crippen LogP contribution in [-0.2, 0) is 9.59 Å². The van der Waals surface area contributed by atoms with E-state index in [0.717, 1.165) is 24.1 Å². The summed E-state index contributed by atoms with van der Waals surface area (Å²) in [6.07, 6.45) is 1.95. The van der Waals surface area contributed by atoms with Crippen molar-refractivity contribution in [3.63, 3.8) is 0 Å². The zero-order chi connectivity index (χ0) is 19.4. The standard InChI is InChI=1S/C22H26N2O3/c1-14-4-5-18(12-15(14)2)16(3)23-21(25)13-27-20-10-8-19(9-11-20)24-22(26)17-6-7-17/h4-5,8-12,16-17H,6-7,13H2,1-3H3,(H,23,25)(H,24,26). The average Bonchev–Trinajstić information content (AvgIpc) is 3.48. The molecule has 1 unspecified atom stereocenters. The van der Waals surface area contributed by atoms with E-state index in [0.29, 0.717) is 5.75 Å². The van der Waals surface area contributed by atoms with Gasteiger partial charge in [-0.1, -0.05) is 18.2 Å². The fourth-order valence-electron chi connectivity index (χ4n) is 2.77. The Balaban J connectivity index is 1.46. The van der Waals surface area contributed by atoms with Crippen molar-refractivity contribution in [2.24, 2.45) is 5.92 Å². The molecule has 0 aromatic heterocycles. The SMILES string of the molecule is Cc1ccc(C(C)NC(=O)COc2ccc(NC(=O)C3CC3)cc2)cc1C. The highest BCUT2D eigenvalue weighted by Gasteiger charge is 2.29. The molecule has 1 saturated carbocycles. The molecule has 2 N–H and O–H groups in total. The molecule has 1 atom stereocenters. The van der Waals surface area contributed by atoms with Gasteiger partial charge in [0.1, 0.15) is 5.75 Å². The molecule has 142 valence electrons. The van der Waals surface area contributed by atoms with Crippen LogP contribution in [0.3, 0.4) is 0 Å². The third-order valence-electron chi connectivity index (χ3n) is 4.85. The van der Waals surface area contributed by atoms with E-state index in [2.05, 4.69) is 36.6 Å². The Kier molecular flexibility index (Phi) is 5.79. The first-order chi connectivity index (χ1) is 12.9. The molecule has 2 amide bonds. The molecule has 1 fully saturated rings. The summed E-state index contributed by atoms with van der Waals surface area (Å²) in [6.45, 7) is 6.04. The lowest BCUT2D eigenvalue weighted by molar-refractivity contribution is -0.123. The Morgan fingerprint density at radius 2 is 1.78 bits per heavy atom. The summed E-state index contributed by atoms with van der Waals surface area (Å²) in [7, 11) is 0. The number of rotatable bonds is 7. The van der Waals surface area contributed by atoms with Gasteiger partial charge in [-0.05, 0) is 74.6 Å². The third-order valence-corrected chi connectivity index (χ3v) is 4.85. The van der Waals surface area contributed by atoms with Crippen molar-refractivity contribution >= 4 is 17.5 Å². The Labute approximate surface area is 160 Å². The van der Waals surface area contributed by atoms with Crippen LogP contribution in [0, 0.1) is 19.8 Å². The third kappa shape index (κ3) is 5.33. The maximum absolute atomic E-state index is 12.2. The molecule has 27 heavy (non-hydrogen) atoms. The smallest absolute Gasteiger partial charge is 0.258 e. The summed E-state index contributed by atoms with van der Waals surface area (Å²) in [5.74, 6) is 0.660. The van der Waals surface area contributed by atoms with Crippen molar-refractivity contribution < 1.29 is 14.3 Å². The van der Waals surface area contributed by atoms with Gasteiger partial charge in [0.05, 0.1) is 6.04 Å². The Bertz CT molecular complexity index is 826. The van der Waals surface area contributed by atoms with Crippen molar-refractivity contribution in [2.45, 2.75) is 39.7 Å². The minimum atomic E-state index is -0.174. The molecule has 3 rings (SSSR count). The predicted octanol–water partition coefficient (Wildman–Crippen LogP) is 3.91. The second-order valence-electron chi connectivity index (χ2n) is 7.21. The van der Waals surface area contributed by atoms with Gasteiger partial charge in [0.2, 0.25) is 5.91 Å². The number of anilines is 1. The number of hydrogen-bond acceptors (Lipinski definition) is 3. The molecule has 5 heteroatoms. The highest BCUT2D eigenvalue weighted by atomic mass is 16.5. The van der Waals surface area contributed by atoms with Crippen LogP contribution in [0.2, 0.25) is 0 Å². The van der Waals surface area contributed by atoms with E-state index in [1.54, 1.807) is 24.3 Å². The van der Waals surface area contributed by atoms with Crippen LogP contribution in [0.15, 0.2) is 42.5 Å². The summed E-state index contributed by atoms with van der Waals surface area (Å²) < 4.78 is 5.54. The molecule has 2 aromatic carbocycles. The van der Waals surface area contributed by atoms with E-state index in [9.17, 15) is 9.59 Å². The molecule has 5 nitrogen and oxygen atoms in total. The fraction of sp³-hybridized carbons (Fsp3) is 0.364. The van der Waals surface area contributed by atoms with E-state index in [1.165, 1.54) is 11.1 Å². The zero-order valence-corrected chi connectivity index (χ0v) is 16.0. The van der Waals surface area contributed by atoms with E-state index in [4.69, 9.17) is 4.74 Å². The highest BCUT2D eigenvalue weighted by Crippen LogP contribution is 2.30. The molecule has 0 bridgehead atoms. The number of carbonyl (C=O) groups excluding carboxylic acids is 2. The van der Waals surface area contributed by atoms with Crippen molar-refractivity contribution in [2.75, 3.05) is 11.9 Å². The van der Waals surface area contributed by atoms with Crippen LogP contribution >= 0.6 is 0 Å². The van der Waals surface area contributed by atoms with E-state index in [-0.39, 0.29) is 30.4 Å². The molecule has 0 spiro atoms. The van der Waals surface area contributed by atoms with Crippen LogP contribution < -0.4 is 15.4 Å². The van der Waals surface area contributed by atoms with Gasteiger partial charge in [0.25, 0.3) is 5.91 Å². The lowest BCUT2D eigenvalue weighted by Crippen LogP contribution is -2.31. The number of nitrogens with one attached hydrogen (secondary N) is 2. The minimum absolute atomic E-state index is 0.0526. The van der Waals surface area contributed by atoms with E-state index < -0.39 is 0 Å². The van der Waals surface area contributed by atoms with Gasteiger partial charge in [-0.3, -0.25) is 9.59 Å². The monoisotopic (exact) mass is 366 g/mol. The quantitative estimate of drug-likeness (QED) is 0.781. The van der Waals surface area contributed by atoms with Crippen LogP contribution in [-0.4, -0.2) is 18.4 Å². The lowest BCUT2D eigenvalue weighted by atomic mass is 10.0. The van der Waals surface area contributed by atoms with Crippen LogP contribution in [0.5, 0.6) is 5.75 Å². The topological polar surface area (TPSA) is 67.4 Å². The van der Waals surface area contributed by atoms with Crippen LogP contribution in [0.1, 0.15) is 42.5 Å². The van der Waals surface area contributed by atoms with Crippen molar-refractivity contribution in [3.05, 3.63) is 59.2 Å². The maximum Gasteiger partial charge on any atom is 0.258 e. The molecular formula is C22H26N2O3. The second-order valence-corrected chi connectivity index (χ2v) is 7.21. The van der Waals surface area contributed by atoms with Gasteiger partial charge in [0, 0.05) is 11.6 Å². The summed E-state index contributed by atoms with van der Waals surface area (Å²) in [4.78, 5) is 23.9. The summed E-state index contributed by atoms with van der Waals surface area (Å²) in [6, 6.07) is 13.2. The minimum Gasteiger partial charge on any atom is -0.484 e. The summed E-state index contributed by atoms with van der Waals surface area (Å²) in [5, 5.41) is 5.82. The first-order valence-electron chi connectivity index (χ1n) is 9.32. The van der Waals surface area contributed by atoms with Gasteiger partial charge < -0.3 is 15.4 Å². The molecule has 0 aliphatic heterocycles. The number of hydrogen-bond donors (Lipinski definition) is 2. The van der Waals surface area contributed by atoms with Gasteiger partial charge in [-0.2, -0.15) is 0 Å². The number of carbonyl (C=O) groups is 2. The summed E-state index contributed by atoms with van der Waals surface area (Å²) >= 11 is 0. The highest BCUT2D eigenvalue weighted by molar-refractivity contribution is 5.94. The van der Waals surface area contributed by atoms with Gasteiger partial charge in [-0.15, -0.1) is 0 Å². The largest absolute Gasteiger partial charge is 0.484 e. The lowest BCUT2D eigenvalue weighted by Gasteiger charge is -2.16. The predicted molar refractivity (Wildman–Crippen MR) is 106 cm³/mol. The molecule has 2 aromatic rings. The van der Waals surface area contributed by atoms with Crippen LogP contribution in [0.4, 0.5) is 5.69 Å². The Hall–Kier alpha value is -2.82. The first-order valence-corrected chi connectivity index (χ1v) is 9.32. The number of amides is 2. The van der Waals surface area contributed by atoms with Crippen molar-refractivity contribution in [3.8, 4) is 5.75 Å². The molecule has 0 heterocycles. The average molecular weight is 366 g/mol. The summed E-state index contributed by atoms with van der Waals surface area (Å²) in [5.41, 5.74) is 4.25. The molecule has 0 saturated heterocycles. The van der Waals surface area contributed by atoms with Crippen molar-refractivity contribution in [1.82, 2.24) is 5.32 Å². The normalized spacial score (nSPS) is 14.3. The van der Waals surface area contributed by atoms with Gasteiger partial charge in [0.15, 0.2) is 6.61 Å². The number of aryl methyl sites for hydroxylation is 2. The van der Waals surface area contributed by atoms with E-state index in [1.807, 2.05) is 13.0 Å². The maximum atomic E-state index is 12.2. The first kappa shape index (κ1) is 19.0. The fourth-order valence-corrected chi connectivity index (χ4v) is 2.77. The van der Waals surface area contributed by atoms with Crippen LogP contribution in [0.25, 0.3) is 0 Å². The Morgan fingerprint density at radius 1 is 1.07 bits per heavy atom.